The van der Waals surface area contributed by atoms with E-state index in [2.05, 4.69) is 26.0 Å². The highest BCUT2D eigenvalue weighted by molar-refractivity contribution is 5.13. The van der Waals surface area contributed by atoms with E-state index in [1.54, 1.807) is 0 Å². The molecule has 0 spiro atoms. The van der Waals surface area contributed by atoms with Crippen LogP contribution < -0.4 is 5.32 Å². The Morgan fingerprint density at radius 1 is 1.29 bits per heavy atom. The van der Waals surface area contributed by atoms with Crippen LogP contribution in [0.25, 0.3) is 0 Å². The normalized spacial score (nSPS) is 11.1. The van der Waals surface area contributed by atoms with E-state index in [4.69, 9.17) is 0 Å². The predicted molar refractivity (Wildman–Crippen MR) is 66.8 cm³/mol. The quantitative estimate of drug-likeness (QED) is 0.857. The molecule has 0 aliphatic heterocycles. The van der Waals surface area contributed by atoms with Gasteiger partial charge >= 0.3 is 0 Å². The van der Waals surface area contributed by atoms with E-state index in [9.17, 15) is 0 Å². The van der Waals surface area contributed by atoms with E-state index >= 15 is 0 Å². The second-order valence-electron chi connectivity index (χ2n) is 4.31. The molecule has 17 heavy (non-hydrogen) atoms. The molecule has 2 aromatic heterocycles. The largest absolute Gasteiger partial charge is 0.325 e. The lowest BCUT2D eigenvalue weighted by Crippen LogP contribution is -2.14. The number of hydrogen-bond acceptors (Lipinski definition) is 3. The molecule has 0 bridgehead atoms. The fourth-order valence-electron chi connectivity index (χ4n) is 2.03. The second kappa shape index (κ2) is 4.71. The Bertz CT molecular complexity index is 509. The third-order valence-electron chi connectivity index (χ3n) is 2.91. The van der Waals surface area contributed by atoms with Crippen molar-refractivity contribution >= 4 is 0 Å². The van der Waals surface area contributed by atoms with Gasteiger partial charge in [-0.2, -0.15) is 5.10 Å². The molecule has 92 valence electrons. The molecule has 0 fully saturated rings. The van der Waals surface area contributed by atoms with Crippen LogP contribution in [0.3, 0.4) is 0 Å². The molecular weight excluding hydrogens is 214 g/mol. The van der Waals surface area contributed by atoms with Gasteiger partial charge in [-0.15, -0.1) is 0 Å². The number of imidazole rings is 1. The fourth-order valence-corrected chi connectivity index (χ4v) is 2.03. The summed E-state index contributed by atoms with van der Waals surface area (Å²) in [5, 5.41) is 7.52. The lowest BCUT2D eigenvalue weighted by molar-refractivity contribution is 0.623. The molecule has 0 aliphatic carbocycles. The van der Waals surface area contributed by atoms with Crippen LogP contribution in [0.5, 0.6) is 0 Å². The third-order valence-corrected chi connectivity index (χ3v) is 2.91. The number of nitrogens with zero attached hydrogens (tertiary/aromatic N) is 4. The molecule has 0 unspecified atom stereocenters. The smallest absolute Gasteiger partial charge is 0.106 e. The first-order chi connectivity index (χ1) is 8.11. The van der Waals surface area contributed by atoms with Crippen molar-refractivity contribution in [2.75, 3.05) is 7.05 Å². The molecule has 5 nitrogen and oxygen atoms in total. The molecule has 5 heteroatoms. The first-order valence-electron chi connectivity index (χ1n) is 5.77. The summed E-state index contributed by atoms with van der Waals surface area (Å²) in [6, 6.07) is 2.11. The van der Waals surface area contributed by atoms with Crippen molar-refractivity contribution in [3.8, 4) is 0 Å². The SMILES string of the molecule is CNCc1cnc(C)n1Cc1cc(C)nn1C. The number of rotatable bonds is 4. The Labute approximate surface area is 101 Å². The summed E-state index contributed by atoms with van der Waals surface area (Å²) in [5.74, 6) is 1.04. The van der Waals surface area contributed by atoms with Crippen LogP contribution in [0.1, 0.15) is 22.9 Å². The highest BCUT2D eigenvalue weighted by Crippen LogP contribution is 2.10. The minimum atomic E-state index is 0.820. The molecule has 0 atom stereocenters. The van der Waals surface area contributed by atoms with E-state index in [0.29, 0.717) is 0 Å². The van der Waals surface area contributed by atoms with Crippen molar-refractivity contribution in [1.29, 1.82) is 0 Å². The summed E-state index contributed by atoms with van der Waals surface area (Å²) >= 11 is 0. The molecule has 0 aliphatic rings. The zero-order valence-corrected chi connectivity index (χ0v) is 10.9. The van der Waals surface area contributed by atoms with Crippen LogP contribution in [0, 0.1) is 13.8 Å². The van der Waals surface area contributed by atoms with Gasteiger partial charge in [-0.25, -0.2) is 4.98 Å². The topological polar surface area (TPSA) is 47.7 Å². The first kappa shape index (κ1) is 11.9. The summed E-state index contributed by atoms with van der Waals surface area (Å²) in [5.41, 5.74) is 3.44. The Kier molecular flexibility index (Phi) is 3.28. The number of aryl methyl sites for hydroxylation is 3. The van der Waals surface area contributed by atoms with Crippen LogP contribution in [0.2, 0.25) is 0 Å². The molecule has 2 heterocycles. The maximum atomic E-state index is 4.36. The zero-order valence-electron chi connectivity index (χ0n) is 10.9. The molecule has 1 N–H and O–H groups in total. The summed E-state index contributed by atoms with van der Waals surface area (Å²) < 4.78 is 4.14. The lowest BCUT2D eigenvalue weighted by atomic mass is 10.3. The highest BCUT2D eigenvalue weighted by atomic mass is 15.3. The zero-order chi connectivity index (χ0) is 12.4. The van der Waals surface area contributed by atoms with Gasteiger partial charge in [-0.05, 0) is 27.0 Å². The van der Waals surface area contributed by atoms with Gasteiger partial charge in [0.25, 0.3) is 0 Å². The summed E-state index contributed by atoms with van der Waals surface area (Å²) in [4.78, 5) is 4.36. The van der Waals surface area contributed by atoms with E-state index in [1.807, 2.05) is 38.8 Å². The van der Waals surface area contributed by atoms with E-state index in [-0.39, 0.29) is 0 Å². The van der Waals surface area contributed by atoms with Crippen molar-refractivity contribution in [3.63, 3.8) is 0 Å². The third kappa shape index (κ3) is 2.39. The second-order valence-corrected chi connectivity index (χ2v) is 4.31. The number of aromatic nitrogens is 4. The average molecular weight is 233 g/mol. The van der Waals surface area contributed by atoms with Gasteiger partial charge in [0.05, 0.1) is 23.6 Å². The van der Waals surface area contributed by atoms with Crippen molar-refractivity contribution < 1.29 is 0 Å². The monoisotopic (exact) mass is 233 g/mol. The van der Waals surface area contributed by atoms with Gasteiger partial charge in [0.15, 0.2) is 0 Å². The van der Waals surface area contributed by atoms with Crippen molar-refractivity contribution in [2.24, 2.45) is 7.05 Å². The van der Waals surface area contributed by atoms with Crippen molar-refractivity contribution in [2.45, 2.75) is 26.9 Å². The van der Waals surface area contributed by atoms with Gasteiger partial charge in [0, 0.05) is 19.8 Å². The molecule has 2 aromatic rings. The van der Waals surface area contributed by atoms with Gasteiger partial charge in [0.1, 0.15) is 5.82 Å². The molecule has 2 rings (SSSR count). The van der Waals surface area contributed by atoms with Gasteiger partial charge < -0.3 is 9.88 Å². The molecule has 0 saturated heterocycles. The fraction of sp³-hybridized carbons (Fsp3) is 0.500. The van der Waals surface area contributed by atoms with E-state index in [1.165, 1.54) is 11.4 Å². The summed E-state index contributed by atoms with van der Waals surface area (Å²) in [6.45, 7) is 5.69. The minimum absolute atomic E-state index is 0.820. The average Bonchev–Trinajstić information content (AvgIpc) is 2.76. The Hall–Kier alpha value is -1.62. The minimum Gasteiger partial charge on any atom is -0.325 e. The summed E-state index contributed by atoms with van der Waals surface area (Å²) in [7, 11) is 3.92. The molecule has 0 saturated carbocycles. The van der Waals surface area contributed by atoms with Crippen LogP contribution in [-0.2, 0) is 20.1 Å². The molecule has 0 aromatic carbocycles. The maximum absolute atomic E-state index is 4.36. The van der Waals surface area contributed by atoms with Crippen LogP contribution in [0.15, 0.2) is 12.3 Å². The predicted octanol–water partition coefficient (Wildman–Crippen LogP) is 1.00. The Balaban J connectivity index is 2.29. The van der Waals surface area contributed by atoms with Crippen molar-refractivity contribution in [1.82, 2.24) is 24.6 Å². The first-order valence-corrected chi connectivity index (χ1v) is 5.77. The lowest BCUT2D eigenvalue weighted by Gasteiger charge is -2.10. The molecule has 0 radical (unpaired) electrons. The maximum Gasteiger partial charge on any atom is 0.106 e. The highest BCUT2D eigenvalue weighted by Gasteiger charge is 2.09. The van der Waals surface area contributed by atoms with Crippen molar-refractivity contribution in [3.05, 3.63) is 35.2 Å². The van der Waals surface area contributed by atoms with Gasteiger partial charge in [0.2, 0.25) is 0 Å². The number of nitrogens with one attached hydrogen (secondary N) is 1. The number of hydrogen-bond donors (Lipinski definition) is 1. The standard InChI is InChI=1S/C12H19N5/c1-9-5-11(16(4)15-9)8-17-10(2)14-7-12(17)6-13-3/h5,7,13H,6,8H2,1-4H3. The van der Waals surface area contributed by atoms with Crippen LogP contribution in [-0.4, -0.2) is 26.4 Å². The van der Waals surface area contributed by atoms with Gasteiger partial charge in [-0.3, -0.25) is 4.68 Å². The summed E-state index contributed by atoms with van der Waals surface area (Å²) in [6.07, 6.45) is 1.93. The molecule has 0 amide bonds. The van der Waals surface area contributed by atoms with Gasteiger partial charge in [-0.1, -0.05) is 0 Å². The van der Waals surface area contributed by atoms with Crippen LogP contribution in [0.4, 0.5) is 0 Å². The Morgan fingerprint density at radius 2 is 2.06 bits per heavy atom. The van der Waals surface area contributed by atoms with E-state index in [0.717, 1.165) is 24.6 Å². The molecular formula is C12H19N5. The van der Waals surface area contributed by atoms with Crippen LogP contribution >= 0.6 is 0 Å². The van der Waals surface area contributed by atoms with E-state index < -0.39 is 0 Å². The Morgan fingerprint density at radius 3 is 2.65 bits per heavy atom.